The highest BCUT2D eigenvalue weighted by Crippen LogP contribution is 2.22. The van der Waals surface area contributed by atoms with Gasteiger partial charge < -0.3 is 10.5 Å². The van der Waals surface area contributed by atoms with E-state index in [9.17, 15) is 4.79 Å². The number of methoxy groups -OCH3 is 1. The van der Waals surface area contributed by atoms with E-state index in [2.05, 4.69) is 0 Å². The summed E-state index contributed by atoms with van der Waals surface area (Å²) >= 11 is 0. The van der Waals surface area contributed by atoms with Crippen LogP contribution in [0.3, 0.4) is 0 Å². The van der Waals surface area contributed by atoms with Crippen LogP contribution in [0.5, 0.6) is 5.75 Å². The van der Waals surface area contributed by atoms with Crippen LogP contribution in [0.25, 0.3) is 0 Å². The minimum atomic E-state index is 0.00301. The maximum Gasteiger partial charge on any atom is 0.193 e. The van der Waals surface area contributed by atoms with Crippen molar-refractivity contribution >= 4 is 11.5 Å². The molecule has 0 spiro atoms. The van der Waals surface area contributed by atoms with Crippen molar-refractivity contribution in [1.82, 2.24) is 0 Å². The topological polar surface area (TPSA) is 52.3 Å². The first-order chi connectivity index (χ1) is 9.02. The third kappa shape index (κ3) is 2.60. The van der Waals surface area contributed by atoms with Gasteiger partial charge in [0.25, 0.3) is 0 Å². The van der Waals surface area contributed by atoms with Crippen LogP contribution >= 0.6 is 0 Å². The molecule has 0 unspecified atom stereocenters. The largest absolute Gasteiger partial charge is 0.496 e. The second-order valence-corrected chi connectivity index (χ2v) is 4.59. The Labute approximate surface area is 113 Å². The van der Waals surface area contributed by atoms with Crippen molar-refractivity contribution in [3.63, 3.8) is 0 Å². The highest BCUT2D eigenvalue weighted by atomic mass is 16.5. The molecule has 19 heavy (non-hydrogen) atoms. The number of nitrogen functional groups attached to an aromatic ring is 1. The molecule has 2 aromatic carbocycles. The second-order valence-electron chi connectivity index (χ2n) is 4.59. The smallest absolute Gasteiger partial charge is 0.193 e. The summed E-state index contributed by atoms with van der Waals surface area (Å²) in [5.74, 6) is 0.786. The molecule has 0 amide bonds. The van der Waals surface area contributed by atoms with Crippen LogP contribution in [0.4, 0.5) is 5.69 Å². The predicted molar refractivity (Wildman–Crippen MR) is 76.8 cm³/mol. The van der Waals surface area contributed by atoms with Crippen LogP contribution in [-0.4, -0.2) is 12.9 Å². The molecule has 0 heterocycles. The standard InChI is InChI=1S/C16H17NO2/c1-10-9-13(17)5-6-14(10)16(18)12-4-7-15(19-3)11(2)8-12/h4-9H,17H2,1-3H3. The van der Waals surface area contributed by atoms with Crippen LogP contribution in [0.15, 0.2) is 36.4 Å². The zero-order valence-corrected chi connectivity index (χ0v) is 11.4. The van der Waals surface area contributed by atoms with Crippen molar-refractivity contribution in [1.29, 1.82) is 0 Å². The van der Waals surface area contributed by atoms with Gasteiger partial charge in [-0.2, -0.15) is 0 Å². The maximum absolute atomic E-state index is 12.4. The number of ketones is 1. The Kier molecular flexibility index (Phi) is 3.56. The summed E-state index contributed by atoms with van der Waals surface area (Å²) in [4.78, 5) is 12.4. The first-order valence-corrected chi connectivity index (χ1v) is 6.08. The molecule has 0 aliphatic heterocycles. The molecule has 0 aliphatic rings. The molecule has 98 valence electrons. The van der Waals surface area contributed by atoms with Crippen molar-refractivity contribution < 1.29 is 9.53 Å². The molecule has 0 fully saturated rings. The molecule has 3 nitrogen and oxygen atoms in total. The lowest BCUT2D eigenvalue weighted by Gasteiger charge is -2.09. The minimum absolute atomic E-state index is 0.00301. The average molecular weight is 255 g/mol. The number of rotatable bonds is 3. The van der Waals surface area contributed by atoms with Crippen molar-refractivity contribution in [3.8, 4) is 5.75 Å². The Bertz CT molecular complexity index is 633. The van der Waals surface area contributed by atoms with Crippen molar-refractivity contribution in [2.75, 3.05) is 12.8 Å². The maximum atomic E-state index is 12.4. The average Bonchev–Trinajstić information content (AvgIpc) is 2.38. The molecular weight excluding hydrogens is 238 g/mol. The van der Waals surface area contributed by atoms with Crippen molar-refractivity contribution in [2.45, 2.75) is 13.8 Å². The van der Waals surface area contributed by atoms with Gasteiger partial charge in [-0.25, -0.2) is 0 Å². The van der Waals surface area contributed by atoms with E-state index >= 15 is 0 Å². The molecule has 2 aromatic rings. The highest BCUT2D eigenvalue weighted by molar-refractivity contribution is 6.10. The van der Waals surface area contributed by atoms with Crippen LogP contribution in [0.1, 0.15) is 27.0 Å². The number of aryl methyl sites for hydroxylation is 2. The first-order valence-electron chi connectivity index (χ1n) is 6.08. The highest BCUT2D eigenvalue weighted by Gasteiger charge is 2.13. The molecule has 0 saturated carbocycles. The summed E-state index contributed by atoms with van der Waals surface area (Å²) in [5, 5.41) is 0. The number of hydrogen-bond acceptors (Lipinski definition) is 3. The van der Waals surface area contributed by atoms with Crippen LogP contribution in [0, 0.1) is 13.8 Å². The van der Waals surface area contributed by atoms with Crippen LogP contribution in [0.2, 0.25) is 0 Å². The van der Waals surface area contributed by atoms with Crippen molar-refractivity contribution in [2.24, 2.45) is 0 Å². The molecule has 0 bridgehead atoms. The lowest BCUT2D eigenvalue weighted by Crippen LogP contribution is -2.05. The van der Waals surface area contributed by atoms with E-state index in [1.165, 1.54) is 0 Å². The van der Waals surface area contributed by atoms with Gasteiger partial charge in [0.1, 0.15) is 5.75 Å². The summed E-state index contributed by atoms with van der Waals surface area (Å²) < 4.78 is 5.20. The minimum Gasteiger partial charge on any atom is -0.496 e. The Hall–Kier alpha value is -2.29. The van der Waals surface area contributed by atoms with E-state index < -0.39 is 0 Å². The SMILES string of the molecule is COc1ccc(C(=O)c2ccc(N)cc2C)cc1C. The predicted octanol–water partition coefficient (Wildman–Crippen LogP) is 3.13. The first kappa shape index (κ1) is 13.1. The van der Waals surface area contributed by atoms with Gasteiger partial charge in [0.05, 0.1) is 7.11 Å². The van der Waals surface area contributed by atoms with Gasteiger partial charge in [-0.3, -0.25) is 4.79 Å². The summed E-state index contributed by atoms with van der Waals surface area (Å²) in [7, 11) is 1.62. The molecule has 0 aliphatic carbocycles. The summed E-state index contributed by atoms with van der Waals surface area (Å²) in [6.45, 7) is 3.81. The van der Waals surface area contributed by atoms with E-state index in [-0.39, 0.29) is 5.78 Å². The van der Waals surface area contributed by atoms with Gasteiger partial charge >= 0.3 is 0 Å². The third-order valence-electron chi connectivity index (χ3n) is 3.15. The lowest BCUT2D eigenvalue weighted by atomic mass is 9.97. The summed E-state index contributed by atoms with van der Waals surface area (Å²) in [5.41, 5.74) is 9.54. The molecule has 3 heteroatoms. The quantitative estimate of drug-likeness (QED) is 0.677. The van der Waals surface area contributed by atoms with Gasteiger partial charge in [0, 0.05) is 16.8 Å². The van der Waals surface area contributed by atoms with Gasteiger partial charge in [0.2, 0.25) is 0 Å². The fraction of sp³-hybridized carbons (Fsp3) is 0.188. The monoisotopic (exact) mass is 255 g/mol. The Morgan fingerprint density at radius 1 is 1.05 bits per heavy atom. The molecule has 0 saturated heterocycles. The van der Waals surface area contributed by atoms with E-state index in [4.69, 9.17) is 10.5 Å². The van der Waals surface area contributed by atoms with Crippen molar-refractivity contribution in [3.05, 3.63) is 58.7 Å². The zero-order valence-electron chi connectivity index (χ0n) is 11.4. The summed E-state index contributed by atoms with van der Waals surface area (Å²) in [6, 6.07) is 10.8. The number of benzene rings is 2. The van der Waals surface area contributed by atoms with E-state index in [0.717, 1.165) is 16.9 Å². The van der Waals surface area contributed by atoms with Crippen LogP contribution in [-0.2, 0) is 0 Å². The third-order valence-corrected chi connectivity index (χ3v) is 3.15. The molecule has 2 N–H and O–H groups in total. The molecule has 2 rings (SSSR count). The fourth-order valence-corrected chi connectivity index (χ4v) is 2.12. The van der Waals surface area contributed by atoms with Gasteiger partial charge in [-0.1, -0.05) is 0 Å². The number of hydrogen-bond donors (Lipinski definition) is 1. The zero-order chi connectivity index (χ0) is 14.0. The summed E-state index contributed by atoms with van der Waals surface area (Å²) in [6.07, 6.45) is 0. The van der Waals surface area contributed by atoms with Crippen LogP contribution < -0.4 is 10.5 Å². The van der Waals surface area contributed by atoms with Gasteiger partial charge in [-0.05, 0) is 61.4 Å². The van der Waals surface area contributed by atoms with Gasteiger partial charge in [-0.15, -0.1) is 0 Å². The number of nitrogens with two attached hydrogens (primary N) is 1. The number of ether oxygens (including phenoxy) is 1. The lowest BCUT2D eigenvalue weighted by molar-refractivity contribution is 0.103. The number of carbonyl (C=O) groups is 1. The number of anilines is 1. The number of carbonyl (C=O) groups excluding carboxylic acids is 1. The second kappa shape index (κ2) is 5.14. The molecular formula is C16H17NO2. The van der Waals surface area contributed by atoms with E-state index in [1.807, 2.05) is 32.0 Å². The molecule has 0 atom stereocenters. The van der Waals surface area contributed by atoms with E-state index in [0.29, 0.717) is 16.8 Å². The molecule has 0 aromatic heterocycles. The Balaban J connectivity index is 2.41. The van der Waals surface area contributed by atoms with E-state index in [1.54, 1.807) is 25.3 Å². The fourth-order valence-electron chi connectivity index (χ4n) is 2.12. The Morgan fingerprint density at radius 3 is 2.37 bits per heavy atom. The Morgan fingerprint density at radius 2 is 1.79 bits per heavy atom. The molecule has 0 radical (unpaired) electrons. The normalized spacial score (nSPS) is 10.3. The van der Waals surface area contributed by atoms with Gasteiger partial charge in [0.15, 0.2) is 5.78 Å².